The smallest absolute Gasteiger partial charge is 0.339 e. The summed E-state index contributed by atoms with van der Waals surface area (Å²) in [6.45, 7) is 0. The Bertz CT molecular complexity index is 785. The molecule has 0 N–H and O–H groups in total. The lowest BCUT2D eigenvalue weighted by Crippen LogP contribution is -2.09. The number of Topliss-reactive ketones (excluding diaryl/α,β-unsaturated/α-hetero) is 1. The van der Waals surface area contributed by atoms with Crippen molar-refractivity contribution in [3.05, 3.63) is 70.8 Å². The van der Waals surface area contributed by atoms with Crippen LogP contribution in [0.15, 0.2) is 48.5 Å². The first-order valence-corrected chi connectivity index (χ1v) is 9.15. The Hall–Kier alpha value is -2.42. The van der Waals surface area contributed by atoms with Gasteiger partial charge in [-0.3, -0.25) is 4.79 Å². The second kappa shape index (κ2) is 6.83. The maximum absolute atomic E-state index is 12.6. The number of carbonyl (C=O) groups is 2. The van der Waals surface area contributed by atoms with Gasteiger partial charge in [-0.2, -0.15) is 0 Å². The fourth-order valence-electron chi connectivity index (χ4n) is 4.03. The fraction of sp³-hybridized carbons (Fsp3) is 0.364. The molecule has 4 rings (SSSR count). The van der Waals surface area contributed by atoms with E-state index in [4.69, 9.17) is 4.74 Å². The third-order valence-electron chi connectivity index (χ3n) is 5.46. The molecule has 0 spiro atoms. The second-order valence-corrected chi connectivity index (χ2v) is 7.07. The topological polar surface area (TPSA) is 43.4 Å². The van der Waals surface area contributed by atoms with Crippen LogP contribution in [0.5, 0.6) is 0 Å². The van der Waals surface area contributed by atoms with Crippen LogP contribution in [0.4, 0.5) is 0 Å². The Kier molecular flexibility index (Phi) is 4.39. The maximum atomic E-state index is 12.6. The zero-order chi connectivity index (χ0) is 17.2. The molecular weight excluding hydrogens is 312 g/mol. The molecule has 0 unspecified atom stereocenters. The van der Waals surface area contributed by atoms with Gasteiger partial charge in [0.15, 0.2) is 5.78 Å². The number of ketones is 1. The standard InChI is InChI=1S/C22H22O3/c23-20(14-21-18-8-4-5-9-19(18)22(24)25-21)17-12-10-16(11-13-17)15-6-2-1-3-7-15/h4-5,8-13,15,21H,1-3,6-7,14H2/t21-/m1/s1. The van der Waals surface area contributed by atoms with Crippen molar-refractivity contribution in [2.75, 3.05) is 0 Å². The highest BCUT2D eigenvalue weighted by Crippen LogP contribution is 2.35. The van der Waals surface area contributed by atoms with Crippen molar-refractivity contribution in [2.45, 2.75) is 50.5 Å². The van der Waals surface area contributed by atoms with E-state index in [0.717, 1.165) is 5.56 Å². The summed E-state index contributed by atoms with van der Waals surface area (Å²) in [5, 5.41) is 0. The van der Waals surface area contributed by atoms with Crippen LogP contribution in [0.25, 0.3) is 0 Å². The van der Waals surface area contributed by atoms with E-state index in [-0.39, 0.29) is 18.2 Å². The number of fused-ring (bicyclic) bond motifs is 1. The lowest BCUT2D eigenvalue weighted by atomic mass is 9.84. The van der Waals surface area contributed by atoms with E-state index in [1.807, 2.05) is 30.3 Å². The van der Waals surface area contributed by atoms with Gasteiger partial charge in [-0.15, -0.1) is 0 Å². The number of ether oxygens (including phenoxy) is 1. The van der Waals surface area contributed by atoms with Gasteiger partial charge in [0.25, 0.3) is 0 Å². The maximum Gasteiger partial charge on any atom is 0.339 e. The predicted molar refractivity (Wildman–Crippen MR) is 95.8 cm³/mol. The first kappa shape index (κ1) is 16.1. The third-order valence-corrected chi connectivity index (χ3v) is 5.46. The molecule has 25 heavy (non-hydrogen) atoms. The van der Waals surface area contributed by atoms with Gasteiger partial charge in [0.2, 0.25) is 0 Å². The van der Waals surface area contributed by atoms with Gasteiger partial charge in [-0.1, -0.05) is 61.7 Å². The molecular formula is C22H22O3. The normalized spacial score (nSPS) is 20.2. The molecule has 0 bridgehead atoms. The average molecular weight is 334 g/mol. The van der Waals surface area contributed by atoms with E-state index in [2.05, 4.69) is 12.1 Å². The predicted octanol–water partition coefficient (Wildman–Crippen LogP) is 5.22. The monoisotopic (exact) mass is 334 g/mol. The average Bonchev–Trinajstić information content (AvgIpc) is 2.98. The number of benzene rings is 2. The highest BCUT2D eigenvalue weighted by Gasteiger charge is 2.32. The fourth-order valence-corrected chi connectivity index (χ4v) is 4.03. The van der Waals surface area contributed by atoms with E-state index >= 15 is 0 Å². The zero-order valence-electron chi connectivity index (χ0n) is 14.2. The lowest BCUT2D eigenvalue weighted by molar-refractivity contribution is 0.0367. The Labute approximate surface area is 148 Å². The molecule has 3 nitrogen and oxygen atoms in total. The van der Waals surface area contributed by atoms with Crippen molar-refractivity contribution in [3.63, 3.8) is 0 Å². The Balaban J connectivity index is 1.46. The van der Waals surface area contributed by atoms with Crippen LogP contribution in [0.3, 0.4) is 0 Å². The van der Waals surface area contributed by atoms with Gasteiger partial charge in [0.1, 0.15) is 6.10 Å². The van der Waals surface area contributed by atoms with Crippen LogP contribution in [0.2, 0.25) is 0 Å². The third kappa shape index (κ3) is 3.23. The zero-order valence-corrected chi connectivity index (χ0v) is 14.2. The highest BCUT2D eigenvalue weighted by atomic mass is 16.5. The SMILES string of the molecule is O=C(C[C@H]1OC(=O)c2ccccc21)c1ccc(C2CCCCC2)cc1. The van der Waals surface area contributed by atoms with E-state index in [1.165, 1.54) is 37.7 Å². The van der Waals surface area contributed by atoms with Crippen LogP contribution < -0.4 is 0 Å². The molecule has 0 amide bonds. The van der Waals surface area contributed by atoms with Crippen LogP contribution in [-0.2, 0) is 4.74 Å². The van der Waals surface area contributed by atoms with E-state index in [1.54, 1.807) is 6.07 Å². The molecule has 2 aliphatic rings. The molecule has 1 fully saturated rings. The number of carbonyl (C=O) groups excluding carboxylic acids is 2. The lowest BCUT2D eigenvalue weighted by Gasteiger charge is -2.22. The summed E-state index contributed by atoms with van der Waals surface area (Å²) < 4.78 is 5.38. The molecule has 1 aliphatic carbocycles. The highest BCUT2D eigenvalue weighted by molar-refractivity contribution is 5.99. The molecule has 0 aromatic heterocycles. The largest absolute Gasteiger partial charge is 0.453 e. The molecule has 1 heterocycles. The summed E-state index contributed by atoms with van der Waals surface area (Å²) in [6.07, 6.45) is 6.19. The molecule has 1 saturated carbocycles. The Morgan fingerprint density at radius 2 is 1.68 bits per heavy atom. The van der Waals surface area contributed by atoms with Gasteiger partial charge < -0.3 is 4.74 Å². The number of rotatable bonds is 4. The number of hydrogen-bond donors (Lipinski definition) is 0. The molecule has 0 radical (unpaired) electrons. The van der Waals surface area contributed by atoms with Gasteiger partial charge in [0, 0.05) is 11.1 Å². The summed E-state index contributed by atoms with van der Waals surface area (Å²) >= 11 is 0. The van der Waals surface area contributed by atoms with Crippen molar-refractivity contribution >= 4 is 11.8 Å². The summed E-state index contributed by atoms with van der Waals surface area (Å²) in [5.74, 6) is 0.325. The van der Waals surface area contributed by atoms with Crippen molar-refractivity contribution in [3.8, 4) is 0 Å². The number of cyclic esters (lactones) is 1. The molecule has 128 valence electrons. The quantitative estimate of drug-likeness (QED) is 0.569. The van der Waals surface area contributed by atoms with E-state index in [0.29, 0.717) is 17.0 Å². The second-order valence-electron chi connectivity index (χ2n) is 7.07. The van der Waals surface area contributed by atoms with Crippen molar-refractivity contribution in [2.24, 2.45) is 0 Å². The first-order chi connectivity index (χ1) is 12.2. The minimum Gasteiger partial charge on any atom is -0.453 e. The summed E-state index contributed by atoms with van der Waals surface area (Å²) in [7, 11) is 0. The van der Waals surface area contributed by atoms with Crippen molar-refractivity contribution in [1.29, 1.82) is 0 Å². The first-order valence-electron chi connectivity index (χ1n) is 9.15. The Morgan fingerprint density at radius 3 is 2.44 bits per heavy atom. The van der Waals surface area contributed by atoms with Crippen LogP contribution in [0, 0.1) is 0 Å². The Morgan fingerprint density at radius 1 is 0.960 bits per heavy atom. The molecule has 2 aromatic rings. The molecule has 1 atom stereocenters. The molecule has 2 aromatic carbocycles. The summed E-state index contributed by atoms with van der Waals surface area (Å²) in [4.78, 5) is 24.5. The van der Waals surface area contributed by atoms with Gasteiger partial charge in [-0.25, -0.2) is 4.79 Å². The van der Waals surface area contributed by atoms with E-state index < -0.39 is 6.10 Å². The molecule has 1 aliphatic heterocycles. The van der Waals surface area contributed by atoms with Crippen LogP contribution in [-0.4, -0.2) is 11.8 Å². The van der Waals surface area contributed by atoms with Crippen molar-refractivity contribution in [1.82, 2.24) is 0 Å². The molecule has 0 saturated heterocycles. The van der Waals surface area contributed by atoms with Gasteiger partial charge >= 0.3 is 5.97 Å². The van der Waals surface area contributed by atoms with Gasteiger partial charge in [-0.05, 0) is 30.4 Å². The van der Waals surface area contributed by atoms with E-state index in [9.17, 15) is 9.59 Å². The van der Waals surface area contributed by atoms with Crippen molar-refractivity contribution < 1.29 is 14.3 Å². The minimum absolute atomic E-state index is 0.0182. The summed E-state index contributed by atoms with van der Waals surface area (Å²) in [6, 6.07) is 15.3. The van der Waals surface area contributed by atoms with Crippen LogP contribution in [0.1, 0.15) is 82.4 Å². The summed E-state index contributed by atoms with van der Waals surface area (Å²) in [5.41, 5.74) is 3.43. The number of hydrogen-bond acceptors (Lipinski definition) is 3. The minimum atomic E-state index is -0.464. The number of esters is 1. The van der Waals surface area contributed by atoms with Crippen LogP contribution >= 0.6 is 0 Å². The van der Waals surface area contributed by atoms with Gasteiger partial charge in [0.05, 0.1) is 12.0 Å². The molecule has 3 heteroatoms.